The third-order valence-corrected chi connectivity index (χ3v) is 7.52. The molecule has 0 aliphatic heterocycles. The number of nitrogens with one attached hydrogen (secondary N) is 1. The molecule has 0 bridgehead atoms. The van der Waals surface area contributed by atoms with Gasteiger partial charge in [-0.1, -0.05) is 33.8 Å². The molecule has 1 N–H and O–H groups in total. The van der Waals surface area contributed by atoms with Crippen molar-refractivity contribution < 1.29 is 18.0 Å². The lowest BCUT2D eigenvalue weighted by atomic mass is 10.0. The molecule has 1 atom stereocenters. The average Bonchev–Trinajstić information content (AvgIpc) is 3.10. The number of amides is 2. The first-order valence-electron chi connectivity index (χ1n) is 9.71. The zero-order valence-electron chi connectivity index (χ0n) is 17.8. The number of carbonyl (C=O) groups excluding carboxylic acids is 2. The lowest BCUT2D eigenvalue weighted by Gasteiger charge is -2.20. The second-order valence-corrected chi connectivity index (χ2v) is 9.87. The molecule has 2 rings (SSSR count). The second-order valence-electron chi connectivity index (χ2n) is 7.06. The van der Waals surface area contributed by atoms with E-state index in [2.05, 4.69) is 10.3 Å². The third-order valence-electron chi connectivity index (χ3n) is 4.62. The van der Waals surface area contributed by atoms with E-state index < -0.39 is 27.9 Å². The van der Waals surface area contributed by atoms with Crippen LogP contribution in [0.5, 0.6) is 0 Å². The van der Waals surface area contributed by atoms with Crippen LogP contribution < -0.4 is 10.1 Å². The molecule has 2 aromatic rings. The summed E-state index contributed by atoms with van der Waals surface area (Å²) in [5.74, 6) is -1.18. The van der Waals surface area contributed by atoms with E-state index in [0.29, 0.717) is 17.9 Å². The monoisotopic (exact) mass is 452 g/mol. The molecular formula is C20H28N4O4S2. The molecule has 10 heteroatoms. The highest BCUT2D eigenvalue weighted by molar-refractivity contribution is 7.89. The summed E-state index contributed by atoms with van der Waals surface area (Å²) in [6, 6.07) is 5.01. The molecule has 0 fully saturated rings. The molecule has 0 saturated carbocycles. The van der Waals surface area contributed by atoms with E-state index in [-0.39, 0.29) is 16.4 Å². The molecule has 1 aromatic carbocycles. The van der Waals surface area contributed by atoms with Crippen LogP contribution in [0.1, 0.15) is 38.1 Å². The molecule has 0 saturated heterocycles. The Morgan fingerprint density at radius 3 is 2.43 bits per heavy atom. The summed E-state index contributed by atoms with van der Waals surface area (Å²) in [4.78, 5) is 30.2. The second kappa shape index (κ2) is 10.1. The van der Waals surface area contributed by atoms with Gasteiger partial charge in [0.2, 0.25) is 10.0 Å². The van der Waals surface area contributed by atoms with Crippen molar-refractivity contribution in [2.75, 3.05) is 13.1 Å². The number of aryl methyl sites for hydroxylation is 1. The van der Waals surface area contributed by atoms with Crippen LogP contribution in [0, 0.1) is 5.92 Å². The highest BCUT2D eigenvalue weighted by atomic mass is 32.2. The topological polar surface area (TPSA) is 101 Å². The minimum Gasteiger partial charge on any atom is -0.340 e. The fraction of sp³-hybridized carbons (Fsp3) is 0.450. The molecule has 1 heterocycles. The number of benzene rings is 1. The molecule has 8 nitrogen and oxygen atoms in total. The molecule has 1 unspecified atom stereocenters. The summed E-state index contributed by atoms with van der Waals surface area (Å²) in [5, 5.41) is 4.52. The van der Waals surface area contributed by atoms with E-state index in [1.54, 1.807) is 31.7 Å². The Hall–Kier alpha value is -2.30. The Kier molecular flexibility index (Phi) is 8.10. The Balaban J connectivity index is 2.29. The summed E-state index contributed by atoms with van der Waals surface area (Å²) in [5.41, 5.74) is 0.170. The molecule has 0 aliphatic rings. The van der Waals surface area contributed by atoms with Crippen LogP contribution in [-0.4, -0.2) is 48.2 Å². The number of sulfonamides is 1. The van der Waals surface area contributed by atoms with Crippen LogP contribution in [0.3, 0.4) is 0 Å². The maximum Gasteiger partial charge on any atom is 0.271 e. The fourth-order valence-corrected chi connectivity index (χ4v) is 5.09. The third kappa shape index (κ3) is 5.44. The Morgan fingerprint density at radius 2 is 1.90 bits per heavy atom. The number of rotatable bonds is 8. The van der Waals surface area contributed by atoms with Crippen molar-refractivity contribution >= 4 is 33.2 Å². The van der Waals surface area contributed by atoms with E-state index in [1.807, 2.05) is 19.2 Å². The molecular weight excluding hydrogens is 424 g/mol. The molecule has 0 spiro atoms. The summed E-state index contributed by atoms with van der Waals surface area (Å²) < 4.78 is 28.5. The van der Waals surface area contributed by atoms with Crippen molar-refractivity contribution in [2.45, 2.75) is 38.6 Å². The maximum atomic E-state index is 12.8. The molecule has 164 valence electrons. The van der Waals surface area contributed by atoms with E-state index in [4.69, 9.17) is 0 Å². The molecule has 30 heavy (non-hydrogen) atoms. The molecule has 0 aliphatic carbocycles. The van der Waals surface area contributed by atoms with Crippen LogP contribution in [-0.2, 0) is 21.9 Å². The van der Waals surface area contributed by atoms with Crippen LogP contribution in [0.4, 0.5) is 0 Å². The van der Waals surface area contributed by atoms with Crippen molar-refractivity contribution in [3.63, 3.8) is 0 Å². The quantitative estimate of drug-likeness (QED) is 0.662. The van der Waals surface area contributed by atoms with E-state index in [1.165, 1.54) is 39.9 Å². The van der Waals surface area contributed by atoms with Crippen molar-refractivity contribution in [3.8, 4) is 0 Å². The van der Waals surface area contributed by atoms with Gasteiger partial charge in [-0.2, -0.15) is 9.30 Å². The van der Waals surface area contributed by atoms with Gasteiger partial charge in [-0.05, 0) is 24.1 Å². The predicted molar refractivity (Wildman–Crippen MR) is 117 cm³/mol. The predicted octanol–water partition coefficient (Wildman–Crippen LogP) is 2.00. The van der Waals surface area contributed by atoms with Crippen LogP contribution >= 0.6 is 11.3 Å². The summed E-state index contributed by atoms with van der Waals surface area (Å²) in [7, 11) is -1.91. The van der Waals surface area contributed by atoms with E-state index in [9.17, 15) is 18.0 Å². The largest absolute Gasteiger partial charge is 0.340 e. The maximum absolute atomic E-state index is 12.8. The lowest BCUT2D eigenvalue weighted by Crippen LogP contribution is -2.44. The first kappa shape index (κ1) is 24.0. The van der Waals surface area contributed by atoms with Gasteiger partial charge in [-0.15, -0.1) is 11.3 Å². The number of nitrogens with zero attached hydrogens (tertiary/aromatic N) is 3. The van der Waals surface area contributed by atoms with Crippen LogP contribution in [0.25, 0.3) is 0 Å². The van der Waals surface area contributed by atoms with Crippen molar-refractivity contribution in [2.24, 2.45) is 18.0 Å². The SMILES string of the molecule is CCN(CC)S(=O)(=O)c1cccc(C(=O)NC(C(=O)N=c2sccn2C)C(C)C)c1. The molecule has 2 amide bonds. The van der Waals surface area contributed by atoms with Gasteiger partial charge < -0.3 is 9.88 Å². The fourth-order valence-electron chi connectivity index (χ4n) is 2.85. The first-order chi connectivity index (χ1) is 14.1. The summed E-state index contributed by atoms with van der Waals surface area (Å²) in [6.07, 6.45) is 1.79. The van der Waals surface area contributed by atoms with Crippen molar-refractivity contribution in [1.29, 1.82) is 0 Å². The van der Waals surface area contributed by atoms with Gasteiger partial charge in [-0.3, -0.25) is 9.59 Å². The summed E-state index contributed by atoms with van der Waals surface area (Å²) in [6.45, 7) is 7.81. The van der Waals surface area contributed by atoms with Crippen LogP contribution in [0.15, 0.2) is 45.7 Å². The van der Waals surface area contributed by atoms with Gasteiger partial charge in [0, 0.05) is 37.3 Å². The highest BCUT2D eigenvalue weighted by Gasteiger charge is 2.26. The Morgan fingerprint density at radius 1 is 1.23 bits per heavy atom. The number of hydrogen-bond acceptors (Lipinski definition) is 5. The Bertz CT molecular complexity index is 1070. The van der Waals surface area contributed by atoms with Gasteiger partial charge in [0.15, 0.2) is 4.80 Å². The molecule has 1 aromatic heterocycles. The van der Waals surface area contributed by atoms with Crippen LogP contribution in [0.2, 0.25) is 0 Å². The van der Waals surface area contributed by atoms with Gasteiger partial charge in [-0.25, -0.2) is 8.42 Å². The lowest BCUT2D eigenvalue weighted by molar-refractivity contribution is -0.120. The minimum atomic E-state index is -3.69. The number of hydrogen-bond donors (Lipinski definition) is 1. The molecule has 0 radical (unpaired) electrons. The first-order valence-corrected chi connectivity index (χ1v) is 12.0. The van der Waals surface area contributed by atoms with Crippen molar-refractivity contribution in [1.82, 2.24) is 14.2 Å². The zero-order valence-corrected chi connectivity index (χ0v) is 19.5. The Labute approximate surface area is 181 Å². The highest BCUT2D eigenvalue weighted by Crippen LogP contribution is 2.17. The summed E-state index contributed by atoms with van der Waals surface area (Å²) >= 11 is 1.33. The van der Waals surface area contributed by atoms with Crippen molar-refractivity contribution in [3.05, 3.63) is 46.2 Å². The van der Waals surface area contributed by atoms with Gasteiger partial charge in [0.1, 0.15) is 6.04 Å². The minimum absolute atomic E-state index is 0.0431. The standard InChI is InChI=1S/C20H28N4O4S2/c1-6-24(7-2)30(27,28)16-10-8-9-15(13-16)18(25)21-17(14(3)4)19(26)22-20-23(5)11-12-29-20/h8-14,17H,6-7H2,1-5H3,(H,21,25). The van der Waals surface area contributed by atoms with E-state index in [0.717, 1.165) is 0 Å². The normalized spacial score (nSPS) is 13.6. The number of carbonyl (C=O) groups is 2. The zero-order chi connectivity index (χ0) is 22.5. The van der Waals surface area contributed by atoms with E-state index >= 15 is 0 Å². The van der Waals surface area contributed by atoms with Gasteiger partial charge >= 0.3 is 0 Å². The average molecular weight is 453 g/mol. The van der Waals surface area contributed by atoms with Gasteiger partial charge in [0.05, 0.1) is 4.90 Å². The number of thiazole rings is 1. The number of aromatic nitrogens is 1. The van der Waals surface area contributed by atoms with Gasteiger partial charge in [0.25, 0.3) is 11.8 Å². The smallest absolute Gasteiger partial charge is 0.271 e.